The quantitative estimate of drug-likeness (QED) is 0.610. The summed E-state index contributed by atoms with van der Waals surface area (Å²) in [5.41, 5.74) is 0.0297. The molecule has 0 bridgehead atoms. The van der Waals surface area contributed by atoms with Crippen LogP contribution in [0.3, 0.4) is 0 Å². The summed E-state index contributed by atoms with van der Waals surface area (Å²) in [5.74, 6) is 0. The van der Waals surface area contributed by atoms with Crippen molar-refractivity contribution in [2.24, 2.45) is 5.41 Å². The number of hydrogen-bond acceptors (Lipinski definition) is 3. The average molecular weight is 352 g/mol. The highest BCUT2D eigenvalue weighted by atomic mass is 127. The summed E-state index contributed by atoms with van der Waals surface area (Å²) in [7, 11) is 0. The van der Waals surface area contributed by atoms with Crippen LogP contribution in [0.1, 0.15) is 39.5 Å². The van der Waals surface area contributed by atoms with Crippen LogP contribution >= 0.6 is 22.9 Å². The Hall–Kier alpha value is 0.610. The number of β-amino-alcohol motifs (C(OH)–C–C–N with tert-alkyl or cyclic N) is 1. The molecule has 4 heteroatoms. The van der Waals surface area contributed by atoms with Gasteiger partial charge in [-0.3, -0.25) is 0 Å². The smallest absolute Gasteiger partial charge is 0.0718 e. The van der Waals surface area contributed by atoms with Crippen molar-refractivity contribution in [3.05, 3.63) is 0 Å². The third-order valence-electron chi connectivity index (χ3n) is 4.14. The summed E-state index contributed by atoms with van der Waals surface area (Å²) in [6.07, 6.45) is 5.38. The Kier molecular flexibility index (Phi) is 4.38. The van der Waals surface area contributed by atoms with E-state index in [2.05, 4.69) is 30.9 Å². The molecule has 1 N–H and O–H groups in total. The SMILES string of the molecule is CC(C)(O)CN1CCC2(CCCN(I)C2)CC1. The molecule has 2 fully saturated rings. The van der Waals surface area contributed by atoms with Crippen molar-refractivity contribution >= 4 is 22.9 Å². The normalized spacial score (nSPS) is 27.5. The van der Waals surface area contributed by atoms with E-state index < -0.39 is 5.60 Å². The van der Waals surface area contributed by atoms with Crippen molar-refractivity contribution in [2.75, 3.05) is 32.7 Å². The first-order valence-corrected chi connectivity index (χ1v) is 7.71. The van der Waals surface area contributed by atoms with Crippen LogP contribution in [0.15, 0.2) is 0 Å². The Morgan fingerprint density at radius 2 is 1.82 bits per heavy atom. The summed E-state index contributed by atoms with van der Waals surface area (Å²) in [6, 6.07) is 0. The Morgan fingerprint density at radius 3 is 2.35 bits per heavy atom. The van der Waals surface area contributed by atoms with Gasteiger partial charge in [0.15, 0.2) is 0 Å². The zero-order chi connectivity index (χ0) is 12.5. The lowest BCUT2D eigenvalue weighted by Gasteiger charge is -2.47. The van der Waals surface area contributed by atoms with Crippen molar-refractivity contribution in [3.8, 4) is 0 Å². The highest BCUT2D eigenvalue weighted by Crippen LogP contribution is 2.40. The number of piperidine rings is 2. The van der Waals surface area contributed by atoms with Gasteiger partial charge < -0.3 is 10.0 Å². The molecule has 0 aromatic rings. The summed E-state index contributed by atoms with van der Waals surface area (Å²) in [6.45, 7) is 9.48. The van der Waals surface area contributed by atoms with Gasteiger partial charge in [-0.1, -0.05) is 0 Å². The lowest BCUT2D eigenvalue weighted by Crippen LogP contribution is -2.50. The van der Waals surface area contributed by atoms with E-state index in [0.717, 1.165) is 19.6 Å². The molecule has 0 aromatic heterocycles. The second-order valence-electron chi connectivity index (χ2n) is 6.54. The molecule has 2 saturated heterocycles. The molecule has 0 radical (unpaired) electrons. The maximum Gasteiger partial charge on any atom is 0.0718 e. The summed E-state index contributed by atoms with van der Waals surface area (Å²) in [4.78, 5) is 2.43. The van der Waals surface area contributed by atoms with Crippen molar-refractivity contribution < 1.29 is 5.11 Å². The van der Waals surface area contributed by atoms with E-state index in [-0.39, 0.29) is 0 Å². The molecule has 0 unspecified atom stereocenters. The van der Waals surface area contributed by atoms with Gasteiger partial charge in [0.05, 0.1) is 5.60 Å². The van der Waals surface area contributed by atoms with Gasteiger partial charge >= 0.3 is 0 Å². The van der Waals surface area contributed by atoms with Crippen molar-refractivity contribution in [1.29, 1.82) is 0 Å². The zero-order valence-corrected chi connectivity index (χ0v) is 13.2. The molecular formula is C13H25IN2O. The molecule has 2 aliphatic heterocycles. The van der Waals surface area contributed by atoms with Gasteiger partial charge in [0.2, 0.25) is 0 Å². The van der Waals surface area contributed by atoms with Gasteiger partial charge in [-0.2, -0.15) is 0 Å². The van der Waals surface area contributed by atoms with Gasteiger partial charge in [0, 0.05) is 42.5 Å². The Labute approximate surface area is 119 Å². The topological polar surface area (TPSA) is 26.7 Å². The van der Waals surface area contributed by atoms with Crippen LogP contribution in [0.4, 0.5) is 0 Å². The van der Waals surface area contributed by atoms with Gasteiger partial charge in [-0.15, -0.1) is 0 Å². The summed E-state index contributed by atoms with van der Waals surface area (Å²) < 4.78 is 2.47. The predicted octanol–water partition coefficient (Wildman–Crippen LogP) is 2.29. The van der Waals surface area contributed by atoms with Crippen LogP contribution < -0.4 is 0 Å². The lowest BCUT2D eigenvalue weighted by molar-refractivity contribution is -0.000125. The Morgan fingerprint density at radius 1 is 1.18 bits per heavy atom. The van der Waals surface area contributed by atoms with Gasteiger partial charge in [-0.25, -0.2) is 3.11 Å². The minimum absolute atomic E-state index is 0.549. The number of halogens is 1. The second kappa shape index (κ2) is 5.31. The molecule has 1 spiro atoms. The van der Waals surface area contributed by atoms with Crippen LogP contribution in [0.25, 0.3) is 0 Å². The van der Waals surface area contributed by atoms with E-state index in [4.69, 9.17) is 0 Å². The molecule has 0 amide bonds. The van der Waals surface area contributed by atoms with E-state index in [1.165, 1.54) is 38.8 Å². The van der Waals surface area contributed by atoms with Crippen LogP contribution in [-0.4, -0.2) is 51.4 Å². The molecule has 0 aliphatic carbocycles. The molecule has 100 valence electrons. The number of aliphatic hydroxyl groups is 1. The molecule has 2 aliphatic rings. The third-order valence-corrected chi connectivity index (χ3v) is 4.97. The molecule has 0 saturated carbocycles. The first-order valence-electron chi connectivity index (χ1n) is 6.74. The number of nitrogens with zero attached hydrogens (tertiary/aromatic N) is 2. The highest BCUT2D eigenvalue weighted by molar-refractivity contribution is 14.1. The maximum atomic E-state index is 9.86. The molecule has 0 aromatic carbocycles. The van der Waals surface area contributed by atoms with Gasteiger partial charge in [0.25, 0.3) is 0 Å². The monoisotopic (exact) mass is 352 g/mol. The van der Waals surface area contributed by atoms with Crippen molar-refractivity contribution in [2.45, 2.75) is 45.1 Å². The van der Waals surface area contributed by atoms with E-state index in [1.807, 2.05) is 13.8 Å². The van der Waals surface area contributed by atoms with Gasteiger partial charge in [-0.05, 0) is 58.0 Å². The minimum Gasteiger partial charge on any atom is -0.389 e. The molecular weight excluding hydrogens is 327 g/mol. The van der Waals surface area contributed by atoms with Crippen LogP contribution in [0.5, 0.6) is 0 Å². The average Bonchev–Trinajstić information content (AvgIpc) is 2.20. The molecule has 0 atom stereocenters. The maximum absolute atomic E-state index is 9.86. The number of rotatable bonds is 2. The molecule has 2 rings (SSSR count). The van der Waals surface area contributed by atoms with Crippen molar-refractivity contribution in [3.63, 3.8) is 0 Å². The van der Waals surface area contributed by atoms with Crippen LogP contribution in [-0.2, 0) is 0 Å². The number of likely N-dealkylation sites (tertiary alicyclic amines) is 1. The van der Waals surface area contributed by atoms with Crippen molar-refractivity contribution in [1.82, 2.24) is 8.01 Å². The van der Waals surface area contributed by atoms with E-state index in [1.54, 1.807) is 0 Å². The van der Waals surface area contributed by atoms with E-state index in [0.29, 0.717) is 5.41 Å². The first kappa shape index (κ1) is 14.0. The third kappa shape index (κ3) is 4.04. The van der Waals surface area contributed by atoms with Crippen LogP contribution in [0.2, 0.25) is 0 Å². The predicted molar refractivity (Wildman–Crippen MR) is 79.2 cm³/mol. The molecule has 2 heterocycles. The van der Waals surface area contributed by atoms with Crippen LogP contribution in [0, 0.1) is 5.41 Å². The first-order chi connectivity index (χ1) is 7.89. The Balaban J connectivity index is 1.85. The summed E-state index contributed by atoms with van der Waals surface area (Å²) >= 11 is 2.48. The fraction of sp³-hybridized carbons (Fsp3) is 1.00. The van der Waals surface area contributed by atoms with E-state index >= 15 is 0 Å². The summed E-state index contributed by atoms with van der Waals surface area (Å²) in [5, 5.41) is 9.86. The largest absolute Gasteiger partial charge is 0.389 e. The zero-order valence-electron chi connectivity index (χ0n) is 11.1. The fourth-order valence-electron chi connectivity index (χ4n) is 3.29. The fourth-order valence-corrected chi connectivity index (χ4v) is 4.35. The second-order valence-corrected chi connectivity index (χ2v) is 7.90. The molecule has 17 heavy (non-hydrogen) atoms. The molecule has 3 nitrogen and oxygen atoms in total. The Bertz CT molecular complexity index is 257. The highest BCUT2D eigenvalue weighted by Gasteiger charge is 2.38. The minimum atomic E-state index is -0.549. The van der Waals surface area contributed by atoms with E-state index in [9.17, 15) is 5.11 Å². The van der Waals surface area contributed by atoms with Gasteiger partial charge in [0.1, 0.15) is 0 Å². The standard InChI is InChI=1S/C13H25IN2O/c1-12(2,17)10-15-8-5-13(6-9-15)4-3-7-16(14)11-13/h17H,3-11H2,1-2H3. The number of hydrogen-bond donors (Lipinski definition) is 1. The lowest BCUT2D eigenvalue weighted by atomic mass is 9.73.